The molecule has 2 N–H and O–H groups in total. The molecule has 0 bridgehead atoms. The van der Waals surface area contributed by atoms with E-state index in [-0.39, 0.29) is 12.0 Å². The summed E-state index contributed by atoms with van der Waals surface area (Å²) in [6.07, 6.45) is 7.19. The number of benzene rings is 2. The van der Waals surface area contributed by atoms with Gasteiger partial charge in [0.25, 0.3) is 0 Å². The van der Waals surface area contributed by atoms with E-state index >= 15 is 0 Å². The van der Waals surface area contributed by atoms with Crippen LogP contribution in [-0.4, -0.2) is 53.3 Å². The second-order valence-corrected chi connectivity index (χ2v) is 11.7. The largest absolute Gasteiger partial charge is 0.488 e. The van der Waals surface area contributed by atoms with Gasteiger partial charge in [0.2, 0.25) is 0 Å². The maximum atomic E-state index is 12.5. The van der Waals surface area contributed by atoms with Gasteiger partial charge in [-0.05, 0) is 48.4 Å². The van der Waals surface area contributed by atoms with Gasteiger partial charge >= 0.3 is 0 Å². The van der Waals surface area contributed by atoms with E-state index in [9.17, 15) is 15.0 Å². The number of furan rings is 1. The minimum Gasteiger partial charge on any atom is -0.488 e. The van der Waals surface area contributed by atoms with Crippen LogP contribution in [0.4, 0.5) is 0 Å². The van der Waals surface area contributed by atoms with Crippen LogP contribution in [0.15, 0.2) is 53.2 Å². The topological polar surface area (TPSA) is 102 Å². The fourth-order valence-corrected chi connectivity index (χ4v) is 6.42. The predicted octanol–water partition coefficient (Wildman–Crippen LogP) is 6.44. The van der Waals surface area contributed by atoms with Crippen LogP contribution in [0, 0.1) is 5.92 Å². The molecule has 6 atom stereocenters. The average Bonchev–Trinajstić information content (AvgIpc) is 3.57. The zero-order valence-corrected chi connectivity index (χ0v) is 24.4. The number of hydrogen-bond acceptors (Lipinski definition) is 7. The second kappa shape index (κ2) is 12.5. The number of fused-ring (bicyclic) bond motifs is 1. The van der Waals surface area contributed by atoms with Crippen molar-refractivity contribution < 1.29 is 33.6 Å². The van der Waals surface area contributed by atoms with Gasteiger partial charge in [-0.25, -0.2) is 0 Å². The average molecular weight is 563 g/mol. The Hall–Kier alpha value is -2.97. The molecule has 1 aromatic heterocycles. The lowest BCUT2D eigenvalue weighted by molar-refractivity contribution is -0.236. The number of aldehydes is 1. The Morgan fingerprint density at radius 1 is 1.17 bits per heavy atom. The SMILES string of the molecule is CCCC(c1coc2c(C=O)c(OCC=Cc3ccccc3)c(CC(C)C)cc12)[C@H]1C[C@@H](O)[C@@]2(O[C@H]2CC)[C@H](O)O1. The fraction of sp³-hybridized carbons (Fsp3) is 0.500. The minimum atomic E-state index is -1.20. The zero-order valence-electron chi connectivity index (χ0n) is 24.4. The first-order valence-corrected chi connectivity index (χ1v) is 14.9. The molecule has 2 saturated heterocycles. The van der Waals surface area contributed by atoms with Gasteiger partial charge in [-0.15, -0.1) is 0 Å². The van der Waals surface area contributed by atoms with Crippen molar-refractivity contribution in [2.75, 3.05) is 6.61 Å². The van der Waals surface area contributed by atoms with Gasteiger partial charge in [0, 0.05) is 23.3 Å². The zero-order chi connectivity index (χ0) is 29.1. The maximum Gasteiger partial charge on any atom is 0.189 e. The molecule has 7 heteroatoms. The highest BCUT2D eigenvalue weighted by atomic mass is 16.7. The molecular weight excluding hydrogens is 520 g/mol. The number of ether oxygens (including phenoxy) is 3. The van der Waals surface area contributed by atoms with Crippen LogP contribution < -0.4 is 4.74 Å². The molecule has 2 aliphatic heterocycles. The summed E-state index contributed by atoms with van der Waals surface area (Å²) in [5.41, 5.74) is 2.78. The third kappa shape index (κ3) is 5.73. The highest BCUT2D eigenvalue weighted by Gasteiger charge is 2.68. The molecule has 0 amide bonds. The van der Waals surface area contributed by atoms with Gasteiger partial charge in [-0.1, -0.05) is 70.5 Å². The molecule has 1 unspecified atom stereocenters. The smallest absolute Gasteiger partial charge is 0.189 e. The Balaban J connectivity index is 1.47. The van der Waals surface area contributed by atoms with Crippen molar-refractivity contribution in [2.45, 2.75) is 95.9 Å². The quantitative estimate of drug-likeness (QED) is 0.194. The fourth-order valence-electron chi connectivity index (χ4n) is 6.42. The van der Waals surface area contributed by atoms with E-state index in [4.69, 9.17) is 18.6 Å². The predicted molar refractivity (Wildman–Crippen MR) is 158 cm³/mol. The van der Waals surface area contributed by atoms with E-state index in [1.165, 1.54) is 0 Å². The monoisotopic (exact) mass is 562 g/mol. The summed E-state index contributed by atoms with van der Waals surface area (Å²) in [6.45, 7) is 8.65. The van der Waals surface area contributed by atoms with Crippen molar-refractivity contribution in [3.63, 3.8) is 0 Å². The van der Waals surface area contributed by atoms with Gasteiger partial charge in [0.15, 0.2) is 18.2 Å². The number of aliphatic hydroxyl groups excluding tert-OH is 2. The highest BCUT2D eigenvalue weighted by molar-refractivity contribution is 6.00. The molecule has 41 heavy (non-hydrogen) atoms. The minimum absolute atomic E-state index is 0.145. The third-order valence-corrected chi connectivity index (χ3v) is 8.42. The van der Waals surface area contributed by atoms with Crippen molar-refractivity contribution >= 4 is 23.3 Å². The van der Waals surface area contributed by atoms with E-state index in [0.29, 0.717) is 42.3 Å². The molecule has 1 spiro atoms. The third-order valence-electron chi connectivity index (χ3n) is 8.42. The van der Waals surface area contributed by atoms with Crippen molar-refractivity contribution in [1.29, 1.82) is 0 Å². The van der Waals surface area contributed by atoms with Crippen LogP contribution in [0.5, 0.6) is 5.75 Å². The van der Waals surface area contributed by atoms with Crippen molar-refractivity contribution in [1.82, 2.24) is 0 Å². The Kier molecular flexibility index (Phi) is 9.00. The summed E-state index contributed by atoms with van der Waals surface area (Å²) in [6, 6.07) is 12.1. The Morgan fingerprint density at radius 3 is 2.59 bits per heavy atom. The van der Waals surface area contributed by atoms with Crippen LogP contribution >= 0.6 is 0 Å². The molecule has 2 aliphatic rings. The van der Waals surface area contributed by atoms with E-state index in [0.717, 1.165) is 47.6 Å². The molecule has 7 nitrogen and oxygen atoms in total. The van der Waals surface area contributed by atoms with E-state index < -0.39 is 24.1 Å². The summed E-state index contributed by atoms with van der Waals surface area (Å²) in [7, 11) is 0. The number of rotatable bonds is 12. The van der Waals surface area contributed by atoms with Gasteiger partial charge in [-0.2, -0.15) is 0 Å². The summed E-state index contributed by atoms with van der Waals surface area (Å²) in [5, 5.41) is 22.8. The molecule has 0 aliphatic carbocycles. The van der Waals surface area contributed by atoms with E-state index in [1.54, 1.807) is 6.26 Å². The normalized spacial score (nSPS) is 26.7. The van der Waals surface area contributed by atoms with Gasteiger partial charge in [-0.3, -0.25) is 4.79 Å². The van der Waals surface area contributed by atoms with Crippen molar-refractivity contribution in [3.8, 4) is 5.75 Å². The van der Waals surface area contributed by atoms with Crippen LogP contribution in [0.1, 0.15) is 86.3 Å². The lowest BCUT2D eigenvalue weighted by Crippen LogP contribution is -2.53. The lowest BCUT2D eigenvalue weighted by Gasteiger charge is -2.39. The van der Waals surface area contributed by atoms with E-state index in [1.807, 2.05) is 49.4 Å². The maximum absolute atomic E-state index is 12.5. The van der Waals surface area contributed by atoms with Gasteiger partial charge in [0.05, 0.1) is 30.1 Å². The first-order valence-electron chi connectivity index (χ1n) is 14.9. The van der Waals surface area contributed by atoms with Crippen LogP contribution in [0.25, 0.3) is 17.0 Å². The molecule has 2 aromatic carbocycles. The number of epoxide rings is 1. The van der Waals surface area contributed by atoms with E-state index in [2.05, 4.69) is 26.8 Å². The Morgan fingerprint density at radius 2 is 1.95 bits per heavy atom. The first kappa shape index (κ1) is 29.5. The second-order valence-electron chi connectivity index (χ2n) is 11.7. The number of hydrogen-bond donors (Lipinski definition) is 2. The summed E-state index contributed by atoms with van der Waals surface area (Å²) < 4.78 is 24.2. The highest BCUT2D eigenvalue weighted by Crippen LogP contribution is 2.51. The van der Waals surface area contributed by atoms with Crippen LogP contribution in [0.2, 0.25) is 0 Å². The lowest BCUT2D eigenvalue weighted by atomic mass is 9.80. The molecule has 0 saturated carbocycles. The molecule has 2 fully saturated rings. The van der Waals surface area contributed by atoms with Crippen LogP contribution in [-0.2, 0) is 15.9 Å². The molecule has 220 valence electrons. The van der Waals surface area contributed by atoms with Crippen LogP contribution in [0.3, 0.4) is 0 Å². The Bertz CT molecular complexity index is 1350. The van der Waals surface area contributed by atoms with Crippen molar-refractivity contribution in [2.24, 2.45) is 5.92 Å². The molecule has 5 rings (SSSR count). The number of aliphatic hydroxyl groups is 2. The molecule has 3 aromatic rings. The Labute approximate surface area is 242 Å². The molecule has 3 heterocycles. The molecular formula is C34H42O7. The first-order chi connectivity index (χ1) is 19.8. The number of carbonyl (C=O) groups excluding carboxylic acids is 1. The standard InChI is InChI=1S/C34H42O7/c1-5-11-24(28-18-29(36)34(33(37)40-28)30(6-2)41-34)27-20-39-32-25(27)17-23(16-21(3)4)31(26(32)19-35)38-15-10-14-22-12-8-7-9-13-22/h7-10,12-14,17,19-21,24,28-30,33,36-37H,5-6,11,15-16,18H2,1-4H3/t24?,28-,29-,30+,33-,34+/m1/s1. The summed E-state index contributed by atoms with van der Waals surface area (Å²) >= 11 is 0. The van der Waals surface area contributed by atoms with Crippen molar-refractivity contribution in [3.05, 3.63) is 71.0 Å². The summed E-state index contributed by atoms with van der Waals surface area (Å²) in [4.78, 5) is 12.5. The summed E-state index contributed by atoms with van der Waals surface area (Å²) in [5.74, 6) is 0.739. The van der Waals surface area contributed by atoms with Gasteiger partial charge < -0.3 is 28.8 Å². The van der Waals surface area contributed by atoms with Gasteiger partial charge in [0.1, 0.15) is 17.9 Å². The number of carbonyl (C=O) groups is 1. The molecule has 0 radical (unpaired) electrons.